The molecular formula is C26H29N3O2. The molecule has 3 aromatic rings. The molecule has 0 aromatic heterocycles. The van der Waals surface area contributed by atoms with Gasteiger partial charge >= 0.3 is 0 Å². The highest BCUT2D eigenvalue weighted by atomic mass is 16.2. The molecule has 1 unspecified atom stereocenters. The molecule has 0 radical (unpaired) electrons. The van der Waals surface area contributed by atoms with E-state index in [1.165, 1.54) is 0 Å². The van der Waals surface area contributed by atoms with Gasteiger partial charge in [-0.2, -0.15) is 0 Å². The number of hydrogen-bond acceptors (Lipinski definition) is 3. The van der Waals surface area contributed by atoms with Crippen LogP contribution in [0.1, 0.15) is 24.0 Å². The van der Waals surface area contributed by atoms with Crippen molar-refractivity contribution in [1.82, 2.24) is 15.5 Å². The summed E-state index contributed by atoms with van der Waals surface area (Å²) in [7, 11) is 1.79. The Balaban J connectivity index is 1.53. The number of nitrogens with zero attached hydrogens (tertiary/aromatic N) is 1. The van der Waals surface area contributed by atoms with E-state index in [2.05, 4.69) is 34.9 Å². The number of hydrogen-bond donors (Lipinski definition) is 2. The summed E-state index contributed by atoms with van der Waals surface area (Å²) in [4.78, 5) is 27.9. The predicted molar refractivity (Wildman–Crippen MR) is 124 cm³/mol. The molecule has 0 bridgehead atoms. The zero-order valence-electron chi connectivity index (χ0n) is 17.9. The van der Waals surface area contributed by atoms with Crippen molar-refractivity contribution in [2.75, 3.05) is 13.6 Å². The number of amides is 2. The first-order valence-corrected chi connectivity index (χ1v) is 10.9. The van der Waals surface area contributed by atoms with Crippen LogP contribution in [0.25, 0.3) is 10.8 Å². The average Bonchev–Trinajstić information content (AvgIpc) is 3.34. The van der Waals surface area contributed by atoms with Crippen LogP contribution in [0.2, 0.25) is 0 Å². The molecule has 160 valence electrons. The van der Waals surface area contributed by atoms with Crippen molar-refractivity contribution in [3.8, 4) is 0 Å². The highest BCUT2D eigenvalue weighted by molar-refractivity contribution is 5.90. The lowest BCUT2D eigenvalue weighted by atomic mass is 10.0. The molecule has 5 heteroatoms. The predicted octanol–water partition coefficient (Wildman–Crippen LogP) is 3.28. The Morgan fingerprint density at radius 3 is 2.48 bits per heavy atom. The van der Waals surface area contributed by atoms with E-state index in [9.17, 15) is 9.59 Å². The second-order valence-corrected chi connectivity index (χ2v) is 8.28. The van der Waals surface area contributed by atoms with Crippen LogP contribution in [0.4, 0.5) is 0 Å². The zero-order chi connectivity index (χ0) is 21.6. The molecule has 0 aliphatic carbocycles. The van der Waals surface area contributed by atoms with Crippen molar-refractivity contribution in [1.29, 1.82) is 0 Å². The van der Waals surface area contributed by atoms with Crippen LogP contribution in [-0.4, -0.2) is 42.4 Å². The molecule has 4 rings (SSSR count). The van der Waals surface area contributed by atoms with Gasteiger partial charge in [0.05, 0.1) is 6.04 Å². The van der Waals surface area contributed by atoms with Crippen molar-refractivity contribution in [3.63, 3.8) is 0 Å². The molecule has 1 aliphatic rings. The van der Waals surface area contributed by atoms with E-state index in [4.69, 9.17) is 0 Å². The Labute approximate surface area is 183 Å². The molecule has 2 N–H and O–H groups in total. The summed E-state index contributed by atoms with van der Waals surface area (Å²) in [5.41, 5.74) is 2.09. The van der Waals surface area contributed by atoms with Gasteiger partial charge in [0.25, 0.3) is 0 Å². The fourth-order valence-electron chi connectivity index (χ4n) is 4.18. The van der Waals surface area contributed by atoms with Gasteiger partial charge in [-0.3, -0.25) is 9.59 Å². The molecule has 1 saturated heterocycles. The summed E-state index contributed by atoms with van der Waals surface area (Å²) >= 11 is 0. The van der Waals surface area contributed by atoms with Gasteiger partial charge in [-0.15, -0.1) is 0 Å². The third-order valence-electron chi connectivity index (χ3n) is 5.88. The Bertz CT molecular complexity index is 1040. The maximum atomic E-state index is 13.4. The van der Waals surface area contributed by atoms with Gasteiger partial charge in [-0.25, -0.2) is 0 Å². The largest absolute Gasteiger partial charge is 0.343 e. The van der Waals surface area contributed by atoms with E-state index in [-0.39, 0.29) is 17.9 Å². The van der Waals surface area contributed by atoms with Gasteiger partial charge in [0.2, 0.25) is 11.8 Å². The van der Waals surface area contributed by atoms with E-state index in [1.54, 1.807) is 11.9 Å². The summed E-state index contributed by atoms with van der Waals surface area (Å²) in [6.07, 6.45) is 2.25. The van der Waals surface area contributed by atoms with Crippen LogP contribution in [0.5, 0.6) is 0 Å². The molecule has 31 heavy (non-hydrogen) atoms. The number of carbonyl (C=O) groups is 2. The first kappa shape index (κ1) is 21.1. The molecule has 0 spiro atoms. The maximum absolute atomic E-state index is 13.4. The monoisotopic (exact) mass is 415 g/mol. The second-order valence-electron chi connectivity index (χ2n) is 8.28. The molecule has 2 atom stereocenters. The number of nitrogens with one attached hydrogen (secondary N) is 2. The molecule has 2 amide bonds. The standard InChI is InChI=1S/C26H29N3O2/c1-29(18-19-8-3-2-4-9-19)26(31)24(28-25(30)23-12-7-15-27-23)17-20-13-14-21-10-5-6-11-22(21)16-20/h2-6,8-11,13-14,16,23-24,27H,7,12,15,17-18H2,1H3,(H,28,30)/t23-,24?/m0/s1. The van der Waals surface area contributed by atoms with E-state index >= 15 is 0 Å². The molecule has 1 fully saturated rings. The highest BCUT2D eigenvalue weighted by Gasteiger charge is 2.29. The molecule has 3 aromatic carbocycles. The van der Waals surface area contributed by atoms with Crippen molar-refractivity contribution in [2.24, 2.45) is 0 Å². The van der Waals surface area contributed by atoms with Crippen LogP contribution in [0.15, 0.2) is 72.8 Å². The van der Waals surface area contributed by atoms with Gasteiger partial charge in [0.15, 0.2) is 0 Å². The summed E-state index contributed by atoms with van der Waals surface area (Å²) in [6.45, 7) is 1.35. The lowest BCUT2D eigenvalue weighted by Crippen LogP contribution is -2.52. The van der Waals surface area contributed by atoms with Gasteiger partial charge < -0.3 is 15.5 Å². The maximum Gasteiger partial charge on any atom is 0.245 e. The number of fused-ring (bicyclic) bond motifs is 1. The fourth-order valence-corrected chi connectivity index (χ4v) is 4.18. The van der Waals surface area contributed by atoms with Crippen LogP contribution < -0.4 is 10.6 Å². The van der Waals surface area contributed by atoms with Crippen molar-refractivity contribution in [3.05, 3.63) is 83.9 Å². The number of carbonyl (C=O) groups excluding carboxylic acids is 2. The van der Waals surface area contributed by atoms with E-state index < -0.39 is 6.04 Å². The minimum Gasteiger partial charge on any atom is -0.343 e. The second kappa shape index (κ2) is 9.75. The Morgan fingerprint density at radius 1 is 1.00 bits per heavy atom. The highest BCUT2D eigenvalue weighted by Crippen LogP contribution is 2.18. The van der Waals surface area contributed by atoms with E-state index in [1.807, 2.05) is 48.5 Å². The minimum atomic E-state index is -0.607. The fraction of sp³-hybridized carbons (Fsp3) is 0.308. The van der Waals surface area contributed by atoms with Crippen LogP contribution in [-0.2, 0) is 22.6 Å². The Morgan fingerprint density at radius 2 is 1.74 bits per heavy atom. The summed E-state index contributed by atoms with van der Waals surface area (Å²) < 4.78 is 0. The zero-order valence-corrected chi connectivity index (χ0v) is 17.9. The molecular weight excluding hydrogens is 386 g/mol. The van der Waals surface area contributed by atoms with Gasteiger partial charge in [-0.05, 0) is 41.3 Å². The van der Waals surface area contributed by atoms with Crippen molar-refractivity contribution < 1.29 is 9.59 Å². The lowest BCUT2D eigenvalue weighted by Gasteiger charge is -2.26. The first-order valence-electron chi connectivity index (χ1n) is 10.9. The average molecular weight is 416 g/mol. The molecule has 5 nitrogen and oxygen atoms in total. The number of benzene rings is 3. The third kappa shape index (κ3) is 5.30. The van der Waals surface area contributed by atoms with E-state index in [0.29, 0.717) is 13.0 Å². The Hall–Kier alpha value is -3.18. The van der Waals surface area contributed by atoms with E-state index in [0.717, 1.165) is 41.3 Å². The Kier molecular flexibility index (Phi) is 6.63. The minimum absolute atomic E-state index is 0.0802. The quantitative estimate of drug-likeness (QED) is 0.623. The van der Waals surface area contributed by atoms with Gasteiger partial charge in [-0.1, -0.05) is 72.8 Å². The first-order chi connectivity index (χ1) is 15.1. The summed E-state index contributed by atoms with van der Waals surface area (Å²) in [6, 6.07) is 23.5. The van der Waals surface area contributed by atoms with Crippen LogP contribution in [0, 0.1) is 0 Å². The topological polar surface area (TPSA) is 61.4 Å². The van der Waals surface area contributed by atoms with Crippen LogP contribution in [0.3, 0.4) is 0 Å². The van der Waals surface area contributed by atoms with Gasteiger partial charge in [0.1, 0.15) is 6.04 Å². The van der Waals surface area contributed by atoms with Crippen molar-refractivity contribution >= 4 is 22.6 Å². The van der Waals surface area contributed by atoms with Gasteiger partial charge in [0, 0.05) is 20.0 Å². The number of likely N-dealkylation sites (N-methyl/N-ethyl adjacent to an activating group) is 1. The lowest BCUT2D eigenvalue weighted by molar-refractivity contribution is -0.136. The number of rotatable bonds is 7. The SMILES string of the molecule is CN(Cc1ccccc1)C(=O)C(Cc1ccc2ccccc2c1)NC(=O)[C@@H]1CCCN1. The van der Waals surface area contributed by atoms with Crippen LogP contribution >= 0.6 is 0 Å². The summed E-state index contributed by atoms with van der Waals surface area (Å²) in [5.74, 6) is -0.173. The molecule has 1 heterocycles. The normalized spacial score (nSPS) is 16.7. The van der Waals surface area contributed by atoms with Crippen molar-refractivity contribution in [2.45, 2.75) is 37.9 Å². The molecule has 1 aliphatic heterocycles. The summed E-state index contributed by atoms with van der Waals surface area (Å²) in [5, 5.41) is 8.54. The smallest absolute Gasteiger partial charge is 0.245 e. The third-order valence-corrected chi connectivity index (χ3v) is 5.88. The molecule has 0 saturated carbocycles.